The van der Waals surface area contributed by atoms with Crippen LogP contribution in [0.1, 0.15) is 56.9 Å². The summed E-state index contributed by atoms with van der Waals surface area (Å²) in [4.78, 5) is 0. The van der Waals surface area contributed by atoms with Crippen molar-refractivity contribution in [3.8, 4) is 0 Å². The van der Waals surface area contributed by atoms with Gasteiger partial charge in [0.15, 0.2) is 6.20 Å². The van der Waals surface area contributed by atoms with E-state index in [1.165, 1.54) is 71.3 Å². The Bertz CT molecular complexity index is 1770. The fourth-order valence-electron chi connectivity index (χ4n) is 6.32. The second-order valence-corrected chi connectivity index (χ2v) is 12.5. The zero-order chi connectivity index (χ0) is 24.8. The molecule has 0 saturated carbocycles. The van der Waals surface area contributed by atoms with Crippen LogP contribution in [-0.4, -0.2) is 4.40 Å². The molecule has 2 heteroatoms. The van der Waals surface area contributed by atoms with Crippen LogP contribution in [0.4, 0.5) is 0 Å². The lowest BCUT2D eigenvalue weighted by atomic mass is 9.87. The minimum absolute atomic E-state index is 0.238. The second kappa shape index (κ2) is 7.43. The fourth-order valence-corrected chi connectivity index (χ4v) is 6.32. The minimum Gasteiger partial charge on any atom is -0.307 e. The van der Waals surface area contributed by atoms with E-state index in [-0.39, 0.29) is 5.41 Å². The average molecular weight is 462 g/mol. The minimum atomic E-state index is 0.238. The van der Waals surface area contributed by atoms with E-state index < -0.39 is 0 Å². The number of fused-ring (bicyclic) bond motifs is 5. The molecule has 0 amide bonds. The first-order valence-corrected chi connectivity index (χ1v) is 13.1. The fraction of sp³-hybridized carbons (Fsp3) is 0.364. The molecule has 0 aliphatic heterocycles. The number of hydrogen-bond donors (Lipinski definition) is 0. The Morgan fingerprint density at radius 2 is 1.60 bits per heavy atom. The van der Waals surface area contributed by atoms with E-state index in [2.05, 4.69) is 113 Å². The highest BCUT2D eigenvalue weighted by molar-refractivity contribution is 6.26. The van der Waals surface area contributed by atoms with E-state index in [1.807, 2.05) is 0 Å². The third-order valence-corrected chi connectivity index (χ3v) is 7.77. The summed E-state index contributed by atoms with van der Waals surface area (Å²) >= 11 is 0. The highest BCUT2D eigenvalue weighted by Crippen LogP contribution is 2.42. The number of nitrogens with zero attached hydrogens (tertiary/aromatic N) is 2. The van der Waals surface area contributed by atoms with Crippen molar-refractivity contribution in [3.63, 3.8) is 0 Å². The number of pyridine rings is 2. The Hall–Kier alpha value is -3.13. The van der Waals surface area contributed by atoms with Crippen molar-refractivity contribution < 1.29 is 4.57 Å². The molecule has 0 bridgehead atoms. The highest BCUT2D eigenvalue weighted by atomic mass is 15.0. The quantitative estimate of drug-likeness (QED) is 0.143. The summed E-state index contributed by atoms with van der Waals surface area (Å²) < 4.78 is 4.93. The second-order valence-electron chi connectivity index (χ2n) is 12.5. The maximum Gasteiger partial charge on any atom is 0.224 e. The van der Waals surface area contributed by atoms with Crippen LogP contribution in [0.3, 0.4) is 0 Å². The molecular formula is C33H37N2+. The lowest BCUT2D eigenvalue weighted by Crippen LogP contribution is -2.29. The summed E-state index contributed by atoms with van der Waals surface area (Å²) in [7, 11) is 2.20. The van der Waals surface area contributed by atoms with Gasteiger partial charge < -0.3 is 4.40 Å². The van der Waals surface area contributed by atoms with Crippen LogP contribution < -0.4 is 4.57 Å². The summed E-state index contributed by atoms with van der Waals surface area (Å²) in [5.41, 5.74) is 11.2. The summed E-state index contributed by atoms with van der Waals surface area (Å²) in [6.07, 6.45) is 4.41. The van der Waals surface area contributed by atoms with Crippen molar-refractivity contribution in [1.29, 1.82) is 0 Å². The Labute approximate surface area is 208 Å². The number of rotatable bonds is 3. The van der Waals surface area contributed by atoms with Gasteiger partial charge >= 0.3 is 0 Å². The van der Waals surface area contributed by atoms with Gasteiger partial charge in [0.1, 0.15) is 7.05 Å². The maximum absolute atomic E-state index is 2.60. The molecule has 6 aromatic rings. The molecule has 35 heavy (non-hydrogen) atoms. The van der Waals surface area contributed by atoms with Crippen molar-refractivity contribution in [2.45, 2.75) is 61.3 Å². The van der Waals surface area contributed by atoms with Gasteiger partial charge in [0.2, 0.25) is 5.52 Å². The van der Waals surface area contributed by atoms with Crippen molar-refractivity contribution in [2.75, 3.05) is 0 Å². The Kier molecular flexibility index (Phi) is 4.75. The molecule has 0 saturated heterocycles. The van der Waals surface area contributed by atoms with E-state index in [0.717, 1.165) is 12.8 Å². The molecule has 3 aromatic heterocycles. The molecule has 0 spiro atoms. The third kappa shape index (κ3) is 3.33. The van der Waals surface area contributed by atoms with E-state index in [0.29, 0.717) is 5.92 Å². The molecule has 0 aliphatic carbocycles. The van der Waals surface area contributed by atoms with Gasteiger partial charge in [-0.2, -0.15) is 0 Å². The van der Waals surface area contributed by atoms with Crippen molar-refractivity contribution in [3.05, 3.63) is 70.9 Å². The molecule has 3 heterocycles. The number of hydrogen-bond acceptors (Lipinski definition) is 0. The molecule has 0 N–H and O–H groups in total. The number of aromatic nitrogens is 2. The van der Waals surface area contributed by atoms with Crippen LogP contribution in [0.2, 0.25) is 0 Å². The highest BCUT2D eigenvalue weighted by Gasteiger charge is 2.25. The standard InChI is InChI=1S/C33H37N2/c1-19(2)13-22-9-10-25-26-14-20(3)21(4)29-31(26)35(27(25)16-22)28-17-23(18-33(5,6)7)15-24-11-12-34(8)32(29)30(24)28/h9-12,14-17,19H,13,18H2,1-8H3/q+1. The first-order chi connectivity index (χ1) is 16.5. The molecular weight excluding hydrogens is 424 g/mol. The van der Waals surface area contributed by atoms with Crippen molar-refractivity contribution in [1.82, 2.24) is 4.40 Å². The van der Waals surface area contributed by atoms with E-state index in [9.17, 15) is 0 Å². The smallest absolute Gasteiger partial charge is 0.224 e. The van der Waals surface area contributed by atoms with Gasteiger partial charge in [-0.3, -0.25) is 0 Å². The van der Waals surface area contributed by atoms with Gasteiger partial charge in [0.25, 0.3) is 0 Å². The van der Waals surface area contributed by atoms with Gasteiger partial charge in [-0.25, -0.2) is 4.57 Å². The molecule has 3 aromatic carbocycles. The predicted octanol–water partition coefficient (Wildman–Crippen LogP) is 8.22. The topological polar surface area (TPSA) is 8.29 Å². The SMILES string of the molecule is Cc1cc2c3ccc(CC(C)C)cc3n3c4cc(CC(C)(C)C)cc5cc[n+](C)c(c(c1C)c23)c54. The zero-order valence-corrected chi connectivity index (χ0v) is 22.5. The van der Waals surface area contributed by atoms with Gasteiger partial charge in [-0.1, -0.05) is 52.8 Å². The summed E-state index contributed by atoms with van der Waals surface area (Å²) in [6, 6.07) is 16.8. The van der Waals surface area contributed by atoms with Gasteiger partial charge in [-0.05, 0) is 83.9 Å². The van der Waals surface area contributed by atoms with Crippen LogP contribution in [0, 0.1) is 25.2 Å². The average Bonchev–Trinajstić information content (AvgIpc) is 3.07. The molecule has 178 valence electrons. The summed E-state index contributed by atoms with van der Waals surface area (Å²) in [6.45, 7) is 16.2. The Morgan fingerprint density at radius 1 is 0.857 bits per heavy atom. The first-order valence-electron chi connectivity index (χ1n) is 13.1. The van der Waals surface area contributed by atoms with E-state index >= 15 is 0 Å². The Balaban J connectivity index is 1.91. The molecule has 0 aliphatic rings. The molecule has 0 fully saturated rings. The monoisotopic (exact) mass is 461 g/mol. The number of benzene rings is 3. The molecule has 0 unspecified atom stereocenters. The summed E-state index contributed by atoms with van der Waals surface area (Å²) in [5, 5.41) is 6.85. The number of aryl methyl sites for hydroxylation is 3. The van der Waals surface area contributed by atoms with Crippen LogP contribution in [0.5, 0.6) is 0 Å². The third-order valence-electron chi connectivity index (χ3n) is 7.77. The van der Waals surface area contributed by atoms with Crippen LogP contribution in [-0.2, 0) is 19.9 Å². The van der Waals surface area contributed by atoms with Crippen LogP contribution >= 0.6 is 0 Å². The van der Waals surface area contributed by atoms with Crippen LogP contribution in [0.15, 0.2) is 48.7 Å². The van der Waals surface area contributed by atoms with Gasteiger partial charge in [0, 0.05) is 16.8 Å². The lowest BCUT2D eigenvalue weighted by Gasteiger charge is -2.20. The lowest BCUT2D eigenvalue weighted by molar-refractivity contribution is -0.643. The van der Waals surface area contributed by atoms with Gasteiger partial charge in [-0.15, -0.1) is 0 Å². The predicted molar refractivity (Wildman–Crippen MR) is 151 cm³/mol. The zero-order valence-electron chi connectivity index (χ0n) is 22.5. The van der Waals surface area contributed by atoms with Crippen molar-refractivity contribution >= 4 is 49.0 Å². The summed E-state index contributed by atoms with van der Waals surface area (Å²) in [5.74, 6) is 0.639. The molecule has 0 radical (unpaired) electrons. The van der Waals surface area contributed by atoms with Crippen LogP contribution in [0.25, 0.3) is 49.0 Å². The van der Waals surface area contributed by atoms with E-state index in [4.69, 9.17) is 0 Å². The van der Waals surface area contributed by atoms with Crippen molar-refractivity contribution in [2.24, 2.45) is 18.4 Å². The Morgan fingerprint density at radius 3 is 2.31 bits per heavy atom. The normalized spacial score (nSPS) is 13.1. The van der Waals surface area contributed by atoms with Gasteiger partial charge in [0.05, 0.1) is 27.3 Å². The maximum atomic E-state index is 2.60. The van der Waals surface area contributed by atoms with E-state index in [1.54, 1.807) is 0 Å². The molecule has 2 nitrogen and oxygen atoms in total. The molecule has 6 rings (SSSR count). The first kappa shape index (κ1) is 22.3. The molecule has 0 atom stereocenters. The largest absolute Gasteiger partial charge is 0.307 e.